The molecular weight excluding hydrogens is 360 g/mol. The number of allylic oxidation sites excluding steroid dienone is 3. The Morgan fingerprint density at radius 1 is 0.786 bits per heavy atom. The Morgan fingerprint density at radius 2 is 1.36 bits per heavy atom. The lowest BCUT2D eigenvalue weighted by Gasteiger charge is -2.25. The summed E-state index contributed by atoms with van der Waals surface area (Å²) in [6, 6.07) is 7.49. The van der Waals surface area contributed by atoms with Gasteiger partial charge in [-0.25, -0.2) is 0 Å². The van der Waals surface area contributed by atoms with Gasteiger partial charge in [0, 0.05) is 49.9 Å². The number of aliphatic hydroxyl groups excluding tert-OH is 3. The van der Waals surface area contributed by atoms with Crippen molar-refractivity contribution in [2.75, 3.05) is 50.9 Å². The summed E-state index contributed by atoms with van der Waals surface area (Å²) in [5, 5.41) is 27.4. The topological polar surface area (TPSA) is 101 Å². The number of nitrogens with zero attached hydrogens (tertiary/aromatic N) is 2. The van der Waals surface area contributed by atoms with Crippen LogP contribution in [-0.2, 0) is 16.0 Å². The lowest BCUT2D eigenvalue weighted by molar-refractivity contribution is -0.116. The van der Waals surface area contributed by atoms with Crippen molar-refractivity contribution >= 4 is 17.3 Å². The number of carbonyl (C=O) groups excluding carboxylic acids is 2. The maximum atomic E-state index is 12.5. The first-order chi connectivity index (χ1) is 13.5. The Morgan fingerprint density at radius 3 is 1.89 bits per heavy atom. The zero-order valence-corrected chi connectivity index (χ0v) is 16.2. The van der Waals surface area contributed by atoms with Gasteiger partial charge in [0.2, 0.25) is 5.78 Å². The van der Waals surface area contributed by atoms with Crippen LogP contribution in [0.4, 0.5) is 5.69 Å². The number of carbonyl (C=O) groups is 2. The summed E-state index contributed by atoms with van der Waals surface area (Å²) >= 11 is 0. The van der Waals surface area contributed by atoms with Crippen LogP contribution in [-0.4, -0.2) is 77.8 Å². The van der Waals surface area contributed by atoms with Crippen LogP contribution >= 0.6 is 0 Å². The average molecular weight is 388 g/mol. The normalized spacial score (nSPS) is 14.0. The van der Waals surface area contributed by atoms with E-state index >= 15 is 0 Å². The molecule has 1 aromatic rings. The van der Waals surface area contributed by atoms with Crippen molar-refractivity contribution in [1.29, 1.82) is 0 Å². The molecule has 0 heterocycles. The fourth-order valence-corrected chi connectivity index (χ4v) is 3.20. The molecule has 0 radical (unpaired) electrons. The molecule has 28 heavy (non-hydrogen) atoms. The molecule has 3 N–H and O–H groups in total. The van der Waals surface area contributed by atoms with Gasteiger partial charge in [0.15, 0.2) is 5.78 Å². The van der Waals surface area contributed by atoms with Crippen LogP contribution in [0.2, 0.25) is 0 Å². The van der Waals surface area contributed by atoms with Gasteiger partial charge >= 0.3 is 0 Å². The number of hydrogen-bond donors (Lipinski definition) is 3. The Hall–Kier alpha value is -2.48. The Kier molecular flexibility index (Phi) is 8.38. The Balaban J connectivity index is 2.10. The Bertz CT molecular complexity index is 734. The summed E-state index contributed by atoms with van der Waals surface area (Å²) < 4.78 is 0. The Labute approximate surface area is 165 Å². The molecule has 0 unspecified atom stereocenters. The molecule has 1 aliphatic carbocycles. The van der Waals surface area contributed by atoms with E-state index in [2.05, 4.69) is 0 Å². The van der Waals surface area contributed by atoms with E-state index < -0.39 is 0 Å². The molecule has 0 fully saturated rings. The van der Waals surface area contributed by atoms with E-state index in [0.717, 1.165) is 11.3 Å². The average Bonchev–Trinajstić information content (AvgIpc) is 2.69. The molecule has 7 heteroatoms. The summed E-state index contributed by atoms with van der Waals surface area (Å²) in [6.07, 6.45) is 3.09. The highest BCUT2D eigenvalue weighted by Gasteiger charge is 2.23. The minimum atomic E-state index is -0.224. The van der Waals surface area contributed by atoms with E-state index in [4.69, 9.17) is 15.3 Å². The highest BCUT2D eigenvalue weighted by Crippen LogP contribution is 2.21. The van der Waals surface area contributed by atoms with Gasteiger partial charge in [0.05, 0.1) is 25.5 Å². The van der Waals surface area contributed by atoms with Gasteiger partial charge in [-0.15, -0.1) is 0 Å². The van der Waals surface area contributed by atoms with Crippen LogP contribution in [0.5, 0.6) is 0 Å². The summed E-state index contributed by atoms with van der Waals surface area (Å²) in [7, 11) is 0. The highest BCUT2D eigenvalue weighted by molar-refractivity contribution is 6.19. The van der Waals surface area contributed by atoms with Crippen molar-refractivity contribution in [3.63, 3.8) is 0 Å². The monoisotopic (exact) mass is 388 g/mol. The molecule has 1 aliphatic rings. The van der Waals surface area contributed by atoms with Crippen LogP contribution in [0, 0.1) is 0 Å². The van der Waals surface area contributed by atoms with Crippen molar-refractivity contribution < 1.29 is 24.9 Å². The lowest BCUT2D eigenvalue weighted by Crippen LogP contribution is -2.32. The fraction of sp³-hybridized carbons (Fsp3) is 0.429. The predicted octanol–water partition coefficient (Wildman–Crippen LogP) is 0.296. The number of anilines is 1. The van der Waals surface area contributed by atoms with Crippen LogP contribution in [0.25, 0.3) is 0 Å². The number of ketones is 2. The number of hydrogen-bond acceptors (Lipinski definition) is 7. The lowest BCUT2D eigenvalue weighted by atomic mass is 9.94. The molecule has 0 aromatic heterocycles. The maximum Gasteiger partial charge on any atom is 0.202 e. The molecule has 2 rings (SSSR count). The van der Waals surface area contributed by atoms with Gasteiger partial charge in [0.25, 0.3) is 0 Å². The van der Waals surface area contributed by atoms with E-state index in [0.29, 0.717) is 43.9 Å². The molecule has 0 saturated heterocycles. The molecule has 0 saturated carbocycles. The number of likely N-dealkylation sites (N-methyl/N-ethyl adjacent to an activating group) is 1. The summed E-state index contributed by atoms with van der Waals surface area (Å²) in [4.78, 5) is 28.5. The van der Waals surface area contributed by atoms with Crippen LogP contribution in [0.1, 0.15) is 12.5 Å². The molecule has 0 spiro atoms. The third-order valence-electron chi connectivity index (χ3n) is 4.67. The third kappa shape index (κ3) is 5.51. The first-order valence-corrected chi connectivity index (χ1v) is 9.46. The largest absolute Gasteiger partial charge is 0.395 e. The molecule has 0 aliphatic heterocycles. The zero-order valence-electron chi connectivity index (χ0n) is 16.2. The van der Waals surface area contributed by atoms with Crippen molar-refractivity contribution in [2.45, 2.75) is 13.3 Å². The number of benzene rings is 1. The standard InChI is InChI=1S/C21H28N2O5/c1-2-22(7-10-24)19-15-20(27)17(14-21(19)28)13-16-3-5-18(6-4-16)23(8-11-25)9-12-26/h3-6,14-15,24-26H,2,7-13H2,1H3. The number of rotatable bonds is 11. The van der Waals surface area contributed by atoms with Crippen molar-refractivity contribution in [2.24, 2.45) is 0 Å². The van der Waals surface area contributed by atoms with E-state index in [-0.39, 0.29) is 31.4 Å². The second kappa shape index (κ2) is 10.8. The van der Waals surface area contributed by atoms with Gasteiger partial charge in [-0.1, -0.05) is 12.1 Å². The van der Waals surface area contributed by atoms with Crippen molar-refractivity contribution in [1.82, 2.24) is 4.90 Å². The van der Waals surface area contributed by atoms with Gasteiger partial charge in [0.1, 0.15) is 0 Å². The van der Waals surface area contributed by atoms with Gasteiger partial charge in [-0.2, -0.15) is 0 Å². The van der Waals surface area contributed by atoms with Gasteiger partial charge in [-0.05, 0) is 30.7 Å². The number of aliphatic hydroxyl groups is 3. The molecule has 0 amide bonds. The molecular formula is C21H28N2O5. The molecule has 0 bridgehead atoms. The zero-order chi connectivity index (χ0) is 20.5. The van der Waals surface area contributed by atoms with Crippen LogP contribution in [0.15, 0.2) is 47.7 Å². The van der Waals surface area contributed by atoms with E-state index in [1.165, 1.54) is 12.2 Å². The maximum absolute atomic E-state index is 12.5. The summed E-state index contributed by atoms with van der Waals surface area (Å²) in [5.74, 6) is -0.421. The van der Waals surface area contributed by atoms with Crippen LogP contribution < -0.4 is 4.90 Å². The first-order valence-electron chi connectivity index (χ1n) is 9.46. The fourth-order valence-electron chi connectivity index (χ4n) is 3.20. The minimum Gasteiger partial charge on any atom is -0.395 e. The quantitative estimate of drug-likeness (QED) is 0.469. The SMILES string of the molecule is CCN(CCO)C1=CC(=O)C(Cc2ccc(N(CCO)CCO)cc2)=CC1=O. The van der Waals surface area contributed by atoms with Crippen molar-refractivity contribution in [3.05, 3.63) is 53.3 Å². The van der Waals surface area contributed by atoms with E-state index in [9.17, 15) is 9.59 Å². The van der Waals surface area contributed by atoms with E-state index in [1.807, 2.05) is 36.1 Å². The van der Waals surface area contributed by atoms with Crippen molar-refractivity contribution in [3.8, 4) is 0 Å². The van der Waals surface area contributed by atoms with Gasteiger partial charge in [-0.3, -0.25) is 9.59 Å². The van der Waals surface area contributed by atoms with E-state index in [1.54, 1.807) is 4.90 Å². The highest BCUT2D eigenvalue weighted by atomic mass is 16.3. The minimum absolute atomic E-state index is 0.00895. The second-order valence-electron chi connectivity index (χ2n) is 6.51. The molecule has 0 atom stereocenters. The van der Waals surface area contributed by atoms with Gasteiger partial charge < -0.3 is 25.1 Å². The predicted molar refractivity (Wildman–Crippen MR) is 107 cm³/mol. The smallest absolute Gasteiger partial charge is 0.202 e. The molecule has 152 valence electrons. The van der Waals surface area contributed by atoms with Crippen LogP contribution in [0.3, 0.4) is 0 Å². The second-order valence-corrected chi connectivity index (χ2v) is 6.51. The summed E-state index contributed by atoms with van der Waals surface area (Å²) in [5.41, 5.74) is 2.52. The third-order valence-corrected chi connectivity index (χ3v) is 4.67. The first kappa shape index (κ1) is 21.8. The summed E-state index contributed by atoms with van der Waals surface area (Å²) in [6.45, 7) is 3.46. The molecule has 7 nitrogen and oxygen atoms in total. The molecule has 1 aromatic carbocycles.